The van der Waals surface area contributed by atoms with Crippen molar-refractivity contribution < 1.29 is 32.2 Å². The van der Waals surface area contributed by atoms with Gasteiger partial charge in [-0.1, -0.05) is 18.2 Å². The average molecular weight is 274 g/mol. The Morgan fingerprint density at radius 3 is 2.26 bits per heavy atom. The average Bonchev–Trinajstić information content (AvgIpc) is 2.26. The summed E-state index contributed by atoms with van der Waals surface area (Å²) in [4.78, 5) is 22.3. The van der Waals surface area contributed by atoms with Crippen molar-refractivity contribution in [2.24, 2.45) is 0 Å². The molecule has 0 aromatic heterocycles. The molecular weight excluding hydrogens is 265 g/mol. The molecule has 0 radical (unpaired) electrons. The number of alkyl halides is 3. The second kappa shape index (κ2) is 4.91. The third kappa shape index (κ3) is 3.46. The summed E-state index contributed by atoms with van der Waals surface area (Å²) in [6.07, 6.45) is -5.12. The Labute approximate surface area is 106 Å². The molecule has 2 rings (SSSR count). The maximum Gasteiger partial charge on any atom is 0.573 e. The monoisotopic (exact) mass is 274 g/mol. The largest absolute Gasteiger partial charge is 0.573 e. The van der Waals surface area contributed by atoms with Crippen molar-refractivity contribution in [3.63, 3.8) is 0 Å². The van der Waals surface area contributed by atoms with E-state index in [1.165, 1.54) is 18.2 Å². The smallest absolute Gasteiger partial charge is 0.405 e. The second-order valence-corrected chi connectivity index (χ2v) is 4.04. The van der Waals surface area contributed by atoms with Crippen LogP contribution in [0.25, 0.3) is 0 Å². The number of hydrogen-bond acceptors (Lipinski definition) is 4. The summed E-state index contributed by atoms with van der Waals surface area (Å²) in [6, 6.07) is 5.45. The molecule has 1 aliphatic heterocycles. The summed E-state index contributed by atoms with van der Waals surface area (Å²) in [7, 11) is 0. The number of cyclic esters (lactones) is 2. The summed E-state index contributed by atoms with van der Waals surface area (Å²) in [5.74, 6) is -2.55. The molecular formula is C12H9F3O4. The summed E-state index contributed by atoms with van der Waals surface area (Å²) in [5.41, 5.74) is 0.171. The predicted octanol–water partition coefficient (Wildman–Crippen LogP) is 2.53. The van der Waals surface area contributed by atoms with Gasteiger partial charge >= 0.3 is 18.3 Å². The van der Waals surface area contributed by atoms with Crippen molar-refractivity contribution in [3.05, 3.63) is 29.8 Å². The molecule has 0 unspecified atom stereocenters. The van der Waals surface area contributed by atoms with Gasteiger partial charge in [-0.25, -0.2) is 0 Å². The number of ether oxygens (including phenoxy) is 2. The zero-order valence-corrected chi connectivity index (χ0v) is 9.57. The van der Waals surface area contributed by atoms with Crippen LogP contribution < -0.4 is 4.74 Å². The maximum atomic E-state index is 12.3. The van der Waals surface area contributed by atoms with Gasteiger partial charge in [-0.15, -0.1) is 13.2 Å². The number of carbonyl (C=O) groups excluding carboxylic acids is 2. The summed E-state index contributed by atoms with van der Waals surface area (Å²) in [5, 5.41) is 0. The van der Waals surface area contributed by atoms with Crippen LogP contribution in [-0.4, -0.2) is 18.3 Å². The molecule has 1 aromatic carbocycles. The SMILES string of the molecule is O=C1CC(c2ccccc2OC(F)(F)F)CC(=O)O1. The quantitative estimate of drug-likeness (QED) is 0.614. The van der Waals surface area contributed by atoms with Crippen LogP contribution in [0.3, 0.4) is 0 Å². The van der Waals surface area contributed by atoms with Crippen molar-refractivity contribution in [3.8, 4) is 5.75 Å². The lowest BCUT2D eigenvalue weighted by atomic mass is 9.90. The highest BCUT2D eigenvalue weighted by Gasteiger charge is 2.35. The number of esters is 2. The first-order valence-electron chi connectivity index (χ1n) is 5.43. The minimum absolute atomic E-state index is 0.149. The Hall–Kier alpha value is -2.05. The van der Waals surface area contributed by atoms with E-state index < -0.39 is 30.0 Å². The van der Waals surface area contributed by atoms with Crippen LogP contribution in [0, 0.1) is 0 Å². The van der Waals surface area contributed by atoms with Crippen LogP contribution in [0.2, 0.25) is 0 Å². The predicted molar refractivity (Wildman–Crippen MR) is 56.2 cm³/mol. The first kappa shape index (κ1) is 13.4. The zero-order valence-electron chi connectivity index (χ0n) is 9.57. The lowest BCUT2D eigenvalue weighted by Gasteiger charge is -2.22. The summed E-state index contributed by atoms with van der Waals surface area (Å²) < 4.78 is 45.0. The van der Waals surface area contributed by atoms with Crippen LogP contribution >= 0.6 is 0 Å². The van der Waals surface area contributed by atoms with E-state index in [9.17, 15) is 22.8 Å². The van der Waals surface area contributed by atoms with Gasteiger partial charge < -0.3 is 9.47 Å². The van der Waals surface area contributed by atoms with E-state index in [4.69, 9.17) is 0 Å². The number of halogens is 3. The Morgan fingerprint density at radius 1 is 1.11 bits per heavy atom. The first-order valence-corrected chi connectivity index (χ1v) is 5.43. The third-order valence-electron chi connectivity index (χ3n) is 2.64. The molecule has 0 amide bonds. The normalized spacial score (nSPS) is 17.2. The van der Waals surface area contributed by atoms with Gasteiger partial charge in [-0.2, -0.15) is 0 Å². The highest BCUT2D eigenvalue weighted by Crippen LogP contribution is 2.36. The van der Waals surface area contributed by atoms with Crippen molar-refractivity contribution in [1.82, 2.24) is 0 Å². The van der Waals surface area contributed by atoms with Gasteiger partial charge in [-0.3, -0.25) is 9.59 Å². The molecule has 19 heavy (non-hydrogen) atoms. The van der Waals surface area contributed by atoms with E-state index in [2.05, 4.69) is 9.47 Å². The Kier molecular flexibility index (Phi) is 3.46. The van der Waals surface area contributed by atoms with Gasteiger partial charge in [0.25, 0.3) is 0 Å². The zero-order chi connectivity index (χ0) is 14.0. The van der Waals surface area contributed by atoms with Gasteiger partial charge in [0.1, 0.15) is 5.75 Å². The van der Waals surface area contributed by atoms with E-state index in [0.717, 1.165) is 6.07 Å². The molecule has 1 fully saturated rings. The standard InChI is InChI=1S/C12H9F3O4/c13-12(14,15)19-9-4-2-1-3-8(9)7-5-10(16)18-11(17)6-7/h1-4,7H,5-6H2. The van der Waals surface area contributed by atoms with Gasteiger partial charge in [0.15, 0.2) is 0 Å². The topological polar surface area (TPSA) is 52.6 Å². The van der Waals surface area contributed by atoms with Crippen molar-refractivity contribution in [2.75, 3.05) is 0 Å². The lowest BCUT2D eigenvalue weighted by Crippen LogP contribution is -2.25. The molecule has 1 aromatic rings. The van der Waals surface area contributed by atoms with Crippen LogP contribution in [0.15, 0.2) is 24.3 Å². The highest BCUT2D eigenvalue weighted by molar-refractivity contribution is 5.89. The molecule has 7 heteroatoms. The van der Waals surface area contributed by atoms with E-state index in [0.29, 0.717) is 0 Å². The molecule has 0 spiro atoms. The number of para-hydroxylation sites is 1. The molecule has 1 aliphatic rings. The number of carbonyl (C=O) groups is 2. The highest BCUT2D eigenvalue weighted by atomic mass is 19.4. The lowest BCUT2D eigenvalue weighted by molar-refractivity contribution is -0.275. The number of rotatable bonds is 2. The molecule has 102 valence electrons. The van der Waals surface area contributed by atoms with Gasteiger partial charge in [0, 0.05) is 5.92 Å². The number of hydrogen-bond donors (Lipinski definition) is 0. The molecule has 0 N–H and O–H groups in total. The molecule has 1 heterocycles. The fourth-order valence-electron chi connectivity index (χ4n) is 1.94. The van der Waals surface area contributed by atoms with Crippen molar-refractivity contribution in [1.29, 1.82) is 0 Å². The first-order chi connectivity index (χ1) is 8.85. The minimum atomic E-state index is -4.82. The van der Waals surface area contributed by atoms with Crippen LogP contribution in [0.1, 0.15) is 24.3 Å². The molecule has 0 bridgehead atoms. The third-order valence-corrected chi connectivity index (χ3v) is 2.64. The molecule has 4 nitrogen and oxygen atoms in total. The summed E-state index contributed by atoms with van der Waals surface area (Å²) >= 11 is 0. The van der Waals surface area contributed by atoms with Crippen LogP contribution in [0.5, 0.6) is 5.75 Å². The fraction of sp³-hybridized carbons (Fsp3) is 0.333. The Bertz CT molecular complexity index is 494. The van der Waals surface area contributed by atoms with Gasteiger partial charge in [0.2, 0.25) is 0 Å². The molecule has 1 saturated heterocycles. The molecule has 0 atom stereocenters. The van der Waals surface area contributed by atoms with Gasteiger partial charge in [-0.05, 0) is 11.6 Å². The van der Waals surface area contributed by atoms with E-state index >= 15 is 0 Å². The van der Waals surface area contributed by atoms with Crippen LogP contribution in [-0.2, 0) is 14.3 Å². The van der Waals surface area contributed by atoms with Crippen LogP contribution in [0.4, 0.5) is 13.2 Å². The van der Waals surface area contributed by atoms with Gasteiger partial charge in [0.05, 0.1) is 12.8 Å². The maximum absolute atomic E-state index is 12.3. The van der Waals surface area contributed by atoms with E-state index in [1.54, 1.807) is 0 Å². The van der Waals surface area contributed by atoms with Crippen molar-refractivity contribution >= 4 is 11.9 Å². The second-order valence-electron chi connectivity index (χ2n) is 4.04. The summed E-state index contributed by atoms with van der Waals surface area (Å²) in [6.45, 7) is 0. The number of benzene rings is 1. The van der Waals surface area contributed by atoms with E-state index in [-0.39, 0.29) is 18.4 Å². The van der Waals surface area contributed by atoms with E-state index in [1.807, 2.05) is 0 Å². The Morgan fingerprint density at radius 2 is 1.68 bits per heavy atom. The minimum Gasteiger partial charge on any atom is -0.405 e. The van der Waals surface area contributed by atoms with Crippen molar-refractivity contribution in [2.45, 2.75) is 25.1 Å². The molecule has 0 saturated carbocycles. The fourth-order valence-corrected chi connectivity index (χ4v) is 1.94. The molecule has 0 aliphatic carbocycles. The Balaban J connectivity index is 2.29.